The summed E-state index contributed by atoms with van der Waals surface area (Å²) in [7, 11) is 0. The van der Waals surface area contributed by atoms with Gasteiger partial charge in [-0.2, -0.15) is 5.48 Å². The summed E-state index contributed by atoms with van der Waals surface area (Å²) in [6.45, 7) is 8.09. The summed E-state index contributed by atoms with van der Waals surface area (Å²) in [6.07, 6.45) is 1.63. The third-order valence-corrected chi connectivity index (χ3v) is 1.22. The van der Waals surface area contributed by atoms with E-state index in [2.05, 4.69) is 17.4 Å². The van der Waals surface area contributed by atoms with Crippen LogP contribution in [0.4, 0.5) is 0 Å². The lowest BCUT2D eigenvalue weighted by atomic mass is 10.3. The summed E-state index contributed by atoms with van der Waals surface area (Å²) < 4.78 is 0. The second-order valence-corrected chi connectivity index (χ2v) is 2.31. The Kier molecular flexibility index (Phi) is 6.32. The van der Waals surface area contributed by atoms with E-state index in [1.807, 2.05) is 6.92 Å². The monoisotopic (exact) mass is 172 g/mol. The molecule has 0 aliphatic carbocycles. The van der Waals surface area contributed by atoms with Crippen LogP contribution in [0.5, 0.6) is 0 Å². The topological polar surface area (TPSA) is 50.4 Å². The molecule has 70 valence electrons. The smallest absolute Gasteiger partial charge is 0.239 e. The fraction of sp³-hybridized carbons (Fsp3) is 0.625. The summed E-state index contributed by atoms with van der Waals surface area (Å²) in [5.41, 5.74) is 2.59. The third kappa shape index (κ3) is 4.87. The molecule has 2 N–H and O–H groups in total. The molecule has 0 aliphatic rings. The van der Waals surface area contributed by atoms with Crippen molar-refractivity contribution in [3.8, 4) is 0 Å². The van der Waals surface area contributed by atoms with Crippen molar-refractivity contribution in [2.75, 3.05) is 13.2 Å². The molecule has 0 saturated carbocycles. The molecule has 4 heteroatoms. The first-order valence-electron chi connectivity index (χ1n) is 3.98. The fourth-order valence-corrected chi connectivity index (χ4v) is 0.588. The maximum atomic E-state index is 11.1. The molecule has 0 fully saturated rings. The van der Waals surface area contributed by atoms with E-state index in [0.29, 0.717) is 13.2 Å². The van der Waals surface area contributed by atoms with E-state index in [9.17, 15) is 4.79 Å². The molecular formula is C8H16N2O2. The summed E-state index contributed by atoms with van der Waals surface area (Å²) in [5.74, 6) is -0.0941. The van der Waals surface area contributed by atoms with Crippen LogP contribution in [0.2, 0.25) is 0 Å². The maximum Gasteiger partial charge on any atom is 0.239 e. The highest BCUT2D eigenvalue weighted by atomic mass is 16.6. The summed E-state index contributed by atoms with van der Waals surface area (Å²) >= 11 is 0. The molecule has 0 heterocycles. The van der Waals surface area contributed by atoms with Crippen LogP contribution in [0.25, 0.3) is 0 Å². The van der Waals surface area contributed by atoms with Gasteiger partial charge in [-0.25, -0.2) is 0 Å². The third-order valence-electron chi connectivity index (χ3n) is 1.22. The number of amides is 1. The molecule has 0 saturated heterocycles. The van der Waals surface area contributed by atoms with Crippen molar-refractivity contribution in [1.82, 2.24) is 10.8 Å². The largest absolute Gasteiger partial charge is 0.351 e. The molecular weight excluding hydrogens is 156 g/mol. The van der Waals surface area contributed by atoms with Gasteiger partial charge in [0, 0.05) is 6.54 Å². The highest BCUT2D eigenvalue weighted by Gasteiger charge is 2.09. The number of nitrogens with one attached hydrogen (secondary N) is 2. The van der Waals surface area contributed by atoms with Crippen LogP contribution in [0.1, 0.15) is 13.8 Å². The van der Waals surface area contributed by atoms with Crippen LogP contribution in [0.15, 0.2) is 12.7 Å². The van der Waals surface area contributed by atoms with Crippen molar-refractivity contribution in [3.63, 3.8) is 0 Å². The van der Waals surface area contributed by atoms with Crippen molar-refractivity contribution >= 4 is 5.91 Å². The number of hydroxylamine groups is 1. The van der Waals surface area contributed by atoms with Crippen molar-refractivity contribution in [3.05, 3.63) is 12.7 Å². The number of carbonyl (C=O) groups is 1. The molecule has 1 unspecified atom stereocenters. The molecule has 0 rings (SSSR count). The lowest BCUT2D eigenvalue weighted by Gasteiger charge is -2.11. The highest BCUT2D eigenvalue weighted by Crippen LogP contribution is 1.81. The van der Waals surface area contributed by atoms with Crippen LogP contribution < -0.4 is 10.8 Å². The SMILES string of the molecule is C=CCNC(=O)C(C)NOCC. The number of hydrogen-bond acceptors (Lipinski definition) is 3. The zero-order valence-corrected chi connectivity index (χ0v) is 7.59. The zero-order valence-electron chi connectivity index (χ0n) is 7.59. The van der Waals surface area contributed by atoms with Gasteiger partial charge in [0.1, 0.15) is 6.04 Å². The van der Waals surface area contributed by atoms with Gasteiger partial charge < -0.3 is 10.2 Å². The van der Waals surface area contributed by atoms with Gasteiger partial charge in [-0.3, -0.25) is 4.79 Å². The molecule has 0 aliphatic heterocycles. The van der Waals surface area contributed by atoms with E-state index in [1.165, 1.54) is 0 Å². The number of rotatable bonds is 6. The second kappa shape index (κ2) is 6.82. The molecule has 0 bridgehead atoms. The van der Waals surface area contributed by atoms with E-state index in [-0.39, 0.29) is 11.9 Å². The fourth-order valence-electron chi connectivity index (χ4n) is 0.588. The van der Waals surface area contributed by atoms with Crippen LogP contribution in [0.3, 0.4) is 0 Å². The molecule has 0 spiro atoms. The van der Waals surface area contributed by atoms with E-state index >= 15 is 0 Å². The minimum absolute atomic E-state index is 0.0941. The average molecular weight is 172 g/mol. The summed E-state index contributed by atoms with van der Waals surface area (Å²) in [4.78, 5) is 16.0. The highest BCUT2D eigenvalue weighted by molar-refractivity contribution is 5.81. The van der Waals surface area contributed by atoms with Crippen LogP contribution in [-0.4, -0.2) is 25.1 Å². The van der Waals surface area contributed by atoms with E-state index in [0.717, 1.165) is 0 Å². The minimum Gasteiger partial charge on any atom is -0.351 e. The molecule has 1 amide bonds. The molecule has 0 aromatic rings. The van der Waals surface area contributed by atoms with Crippen molar-refractivity contribution < 1.29 is 9.63 Å². The van der Waals surface area contributed by atoms with Crippen molar-refractivity contribution in [2.45, 2.75) is 19.9 Å². The lowest BCUT2D eigenvalue weighted by Crippen LogP contribution is -2.42. The minimum atomic E-state index is -0.329. The normalized spacial score (nSPS) is 12.2. The Hall–Kier alpha value is -0.870. The van der Waals surface area contributed by atoms with Crippen molar-refractivity contribution in [2.24, 2.45) is 0 Å². The van der Waals surface area contributed by atoms with Gasteiger partial charge in [-0.1, -0.05) is 6.08 Å². The molecule has 1 atom stereocenters. The molecule has 0 radical (unpaired) electrons. The quantitative estimate of drug-likeness (QED) is 0.445. The van der Waals surface area contributed by atoms with Gasteiger partial charge in [0.05, 0.1) is 6.61 Å². The molecule has 0 aromatic carbocycles. The Morgan fingerprint density at radius 2 is 2.42 bits per heavy atom. The molecule has 4 nitrogen and oxygen atoms in total. The summed E-state index contributed by atoms with van der Waals surface area (Å²) in [5, 5.41) is 2.64. The van der Waals surface area contributed by atoms with E-state index in [1.54, 1.807) is 13.0 Å². The Labute approximate surface area is 72.9 Å². The Morgan fingerprint density at radius 1 is 1.75 bits per heavy atom. The van der Waals surface area contributed by atoms with E-state index < -0.39 is 0 Å². The number of hydrogen-bond donors (Lipinski definition) is 2. The van der Waals surface area contributed by atoms with Gasteiger partial charge in [0.15, 0.2) is 0 Å². The maximum absolute atomic E-state index is 11.1. The lowest BCUT2D eigenvalue weighted by molar-refractivity contribution is -0.126. The van der Waals surface area contributed by atoms with Crippen LogP contribution in [-0.2, 0) is 9.63 Å². The van der Waals surface area contributed by atoms with Gasteiger partial charge in [-0.15, -0.1) is 6.58 Å². The van der Waals surface area contributed by atoms with Crippen LogP contribution in [0, 0.1) is 0 Å². The van der Waals surface area contributed by atoms with Crippen molar-refractivity contribution in [1.29, 1.82) is 0 Å². The average Bonchev–Trinajstić information content (AvgIpc) is 2.10. The molecule has 0 aromatic heterocycles. The molecule has 12 heavy (non-hydrogen) atoms. The first kappa shape index (κ1) is 11.1. The first-order chi connectivity index (χ1) is 5.72. The predicted octanol–water partition coefficient (Wildman–Crippen LogP) is 0.218. The number of carbonyl (C=O) groups excluding carboxylic acids is 1. The Morgan fingerprint density at radius 3 is 2.92 bits per heavy atom. The zero-order chi connectivity index (χ0) is 9.40. The standard InChI is InChI=1S/C8H16N2O2/c1-4-6-9-8(11)7(3)10-12-5-2/h4,7,10H,1,5-6H2,2-3H3,(H,9,11). The predicted molar refractivity (Wildman–Crippen MR) is 47.4 cm³/mol. The first-order valence-corrected chi connectivity index (χ1v) is 3.98. The van der Waals surface area contributed by atoms with E-state index in [4.69, 9.17) is 4.84 Å². The van der Waals surface area contributed by atoms with Gasteiger partial charge >= 0.3 is 0 Å². The summed E-state index contributed by atoms with van der Waals surface area (Å²) in [6, 6.07) is -0.329. The van der Waals surface area contributed by atoms with Gasteiger partial charge in [0.2, 0.25) is 5.91 Å². The Balaban J connectivity index is 3.53. The van der Waals surface area contributed by atoms with Crippen LogP contribution >= 0.6 is 0 Å². The second-order valence-electron chi connectivity index (χ2n) is 2.31. The Bertz CT molecular complexity index is 148. The van der Waals surface area contributed by atoms with Gasteiger partial charge in [-0.05, 0) is 13.8 Å². The van der Waals surface area contributed by atoms with Gasteiger partial charge in [0.25, 0.3) is 0 Å².